The first-order valence-corrected chi connectivity index (χ1v) is 5.67. The second-order valence-corrected chi connectivity index (χ2v) is 3.73. The van der Waals surface area contributed by atoms with Crippen molar-refractivity contribution < 1.29 is 30.5 Å². The lowest BCUT2D eigenvalue weighted by atomic mass is 10.2. The summed E-state index contributed by atoms with van der Waals surface area (Å²) in [5, 5.41) is 11.3. The summed E-state index contributed by atoms with van der Waals surface area (Å²) in [5.74, 6) is -2.85. The molecule has 0 spiro atoms. The molecule has 0 aliphatic heterocycles. The van der Waals surface area contributed by atoms with Crippen molar-refractivity contribution in [2.24, 2.45) is 5.10 Å². The number of halogens is 4. The van der Waals surface area contributed by atoms with Gasteiger partial charge in [-0.05, 0) is 18.2 Å². The zero-order valence-corrected chi connectivity index (χ0v) is 10.1. The van der Waals surface area contributed by atoms with Crippen LogP contribution >= 0.6 is 0 Å². The van der Waals surface area contributed by atoms with Crippen LogP contribution in [0.5, 0.6) is 0 Å². The van der Waals surface area contributed by atoms with Crippen LogP contribution in [0.25, 0.3) is 0 Å². The molecule has 0 bridgehead atoms. The van der Waals surface area contributed by atoms with Crippen LogP contribution < -0.4 is 5.43 Å². The standard InChI is InChI=1S/C9H5F4N3O3S/c10-7-2-1-6(3-5(7)4-14)15-16-8(9(11,12)13)19-20(17)18/h1-3,15H,(H,17,18)/b16-8+. The summed E-state index contributed by atoms with van der Waals surface area (Å²) >= 11 is -3.21. The van der Waals surface area contributed by atoms with Crippen molar-refractivity contribution in [1.82, 2.24) is 0 Å². The third-order valence-electron chi connectivity index (χ3n) is 1.77. The van der Waals surface area contributed by atoms with Crippen molar-refractivity contribution in [3.63, 3.8) is 0 Å². The Bertz CT molecular complexity index is 597. The Morgan fingerprint density at radius 2 is 2.15 bits per heavy atom. The van der Waals surface area contributed by atoms with E-state index in [0.29, 0.717) is 0 Å². The molecule has 1 atom stereocenters. The van der Waals surface area contributed by atoms with Gasteiger partial charge in [0.05, 0.1) is 11.3 Å². The molecule has 0 saturated heterocycles. The predicted octanol–water partition coefficient (Wildman–Crippen LogP) is 2.14. The van der Waals surface area contributed by atoms with Gasteiger partial charge in [-0.3, -0.25) is 9.98 Å². The largest absolute Gasteiger partial charge is 0.471 e. The summed E-state index contributed by atoms with van der Waals surface area (Å²) in [6, 6.07) is 4.25. The fraction of sp³-hybridized carbons (Fsp3) is 0.111. The Kier molecular flexibility index (Phi) is 5.00. The number of benzene rings is 1. The number of hydrogen-bond donors (Lipinski definition) is 2. The number of alkyl halides is 3. The van der Waals surface area contributed by atoms with Crippen molar-refractivity contribution in [2.45, 2.75) is 6.18 Å². The lowest BCUT2D eigenvalue weighted by Gasteiger charge is -2.09. The van der Waals surface area contributed by atoms with Crippen LogP contribution in [0.4, 0.5) is 23.2 Å². The average molecular weight is 311 g/mol. The fourth-order valence-electron chi connectivity index (χ4n) is 0.993. The maximum atomic E-state index is 13.0. The number of hydrogen-bond acceptors (Lipinski definition) is 5. The molecule has 0 fully saturated rings. The molecule has 1 rings (SSSR count). The molecule has 20 heavy (non-hydrogen) atoms. The minimum atomic E-state index is -5.11. The fourth-order valence-corrected chi connectivity index (χ4v) is 1.26. The van der Waals surface area contributed by atoms with Gasteiger partial charge in [-0.15, -0.1) is 5.10 Å². The Morgan fingerprint density at radius 3 is 2.65 bits per heavy atom. The van der Waals surface area contributed by atoms with E-state index in [9.17, 15) is 21.8 Å². The average Bonchev–Trinajstić information content (AvgIpc) is 2.34. The third kappa shape index (κ3) is 4.48. The van der Waals surface area contributed by atoms with Crippen LogP contribution in [0.3, 0.4) is 0 Å². The molecule has 2 N–H and O–H groups in total. The number of nitrogens with one attached hydrogen (secondary N) is 1. The van der Waals surface area contributed by atoms with E-state index in [1.807, 2.05) is 5.43 Å². The first-order chi connectivity index (χ1) is 9.24. The molecule has 0 amide bonds. The monoisotopic (exact) mass is 311 g/mol. The highest BCUT2D eigenvalue weighted by Gasteiger charge is 2.40. The van der Waals surface area contributed by atoms with Crippen molar-refractivity contribution in [3.8, 4) is 6.07 Å². The van der Waals surface area contributed by atoms with E-state index < -0.39 is 34.8 Å². The Hall–Kier alpha value is -2.19. The van der Waals surface area contributed by atoms with Gasteiger partial charge < -0.3 is 4.18 Å². The van der Waals surface area contributed by atoms with E-state index in [1.165, 1.54) is 6.07 Å². The topological polar surface area (TPSA) is 94.7 Å². The van der Waals surface area contributed by atoms with E-state index in [2.05, 4.69) is 9.28 Å². The zero-order valence-electron chi connectivity index (χ0n) is 9.31. The highest BCUT2D eigenvalue weighted by molar-refractivity contribution is 7.74. The molecule has 0 heterocycles. The smallest absolute Gasteiger partial charge is 0.352 e. The van der Waals surface area contributed by atoms with Crippen molar-refractivity contribution >= 4 is 22.9 Å². The third-order valence-corrected chi connectivity index (χ3v) is 2.07. The number of anilines is 1. The van der Waals surface area contributed by atoms with Crippen LogP contribution in [-0.2, 0) is 15.5 Å². The van der Waals surface area contributed by atoms with Gasteiger partial charge in [-0.2, -0.15) is 22.6 Å². The van der Waals surface area contributed by atoms with Gasteiger partial charge in [-0.1, -0.05) is 0 Å². The van der Waals surface area contributed by atoms with Crippen LogP contribution in [-0.4, -0.2) is 20.8 Å². The maximum Gasteiger partial charge on any atom is 0.471 e. The normalized spacial score (nSPS) is 13.5. The van der Waals surface area contributed by atoms with Crippen LogP contribution in [0, 0.1) is 17.1 Å². The van der Waals surface area contributed by atoms with Gasteiger partial charge in [0.25, 0.3) is 0 Å². The van der Waals surface area contributed by atoms with Crippen molar-refractivity contribution in [3.05, 3.63) is 29.6 Å². The molecule has 0 aromatic heterocycles. The van der Waals surface area contributed by atoms with Gasteiger partial charge in [-0.25, -0.2) is 4.39 Å². The molecule has 11 heteroatoms. The lowest BCUT2D eigenvalue weighted by molar-refractivity contribution is -0.0708. The van der Waals surface area contributed by atoms with Gasteiger partial charge in [0.1, 0.15) is 11.9 Å². The number of rotatable bonds is 3. The SMILES string of the molecule is N#Cc1cc(N/N=C(/OS(=O)O)C(F)(F)F)ccc1F. The first-order valence-electron chi connectivity index (χ1n) is 4.63. The van der Waals surface area contributed by atoms with E-state index >= 15 is 0 Å². The van der Waals surface area contributed by atoms with Crippen LogP contribution in [0.15, 0.2) is 23.3 Å². The minimum absolute atomic E-state index is 0.142. The maximum absolute atomic E-state index is 13.0. The summed E-state index contributed by atoms with van der Waals surface area (Å²) in [4.78, 5) is 0. The molecule has 0 aliphatic carbocycles. The Labute approximate surface area is 112 Å². The Balaban J connectivity index is 2.98. The predicted molar refractivity (Wildman–Crippen MR) is 60.1 cm³/mol. The second-order valence-electron chi connectivity index (χ2n) is 3.13. The number of hydrazone groups is 1. The van der Waals surface area contributed by atoms with Crippen molar-refractivity contribution in [2.75, 3.05) is 5.43 Å². The van der Waals surface area contributed by atoms with E-state index in [-0.39, 0.29) is 5.69 Å². The van der Waals surface area contributed by atoms with Crippen LogP contribution in [0.1, 0.15) is 5.56 Å². The number of nitrogens with zero attached hydrogens (tertiary/aromatic N) is 2. The Morgan fingerprint density at radius 1 is 1.50 bits per heavy atom. The molecule has 0 radical (unpaired) electrons. The van der Waals surface area contributed by atoms with Gasteiger partial charge >= 0.3 is 23.4 Å². The highest BCUT2D eigenvalue weighted by atomic mass is 32.2. The first kappa shape index (κ1) is 15.9. The molecular formula is C9H5F4N3O3S. The van der Waals surface area contributed by atoms with Gasteiger partial charge in [0.2, 0.25) is 0 Å². The second kappa shape index (κ2) is 6.31. The molecule has 0 aliphatic rings. The molecule has 0 saturated carbocycles. The lowest BCUT2D eigenvalue weighted by Crippen LogP contribution is -2.27. The van der Waals surface area contributed by atoms with Crippen LogP contribution in [0.2, 0.25) is 0 Å². The van der Waals surface area contributed by atoms with E-state index in [1.54, 1.807) is 0 Å². The summed E-state index contributed by atoms with van der Waals surface area (Å²) < 4.78 is 72.0. The molecule has 6 nitrogen and oxygen atoms in total. The molecule has 1 aromatic carbocycles. The quantitative estimate of drug-likeness (QED) is 0.293. The summed E-state index contributed by atoms with van der Waals surface area (Å²) in [6.45, 7) is 0. The summed E-state index contributed by atoms with van der Waals surface area (Å²) in [7, 11) is 0. The summed E-state index contributed by atoms with van der Waals surface area (Å²) in [6.07, 6.45) is -5.11. The minimum Gasteiger partial charge on any atom is -0.352 e. The summed E-state index contributed by atoms with van der Waals surface area (Å²) in [5.41, 5.74) is 1.28. The molecule has 108 valence electrons. The van der Waals surface area contributed by atoms with E-state index in [0.717, 1.165) is 18.2 Å². The van der Waals surface area contributed by atoms with E-state index in [4.69, 9.17) is 9.81 Å². The highest BCUT2D eigenvalue weighted by Crippen LogP contribution is 2.20. The molecular weight excluding hydrogens is 306 g/mol. The molecule has 1 aromatic rings. The zero-order chi connectivity index (χ0) is 15.3. The van der Waals surface area contributed by atoms with Gasteiger partial charge in [0, 0.05) is 0 Å². The number of nitriles is 1. The molecule has 1 unspecified atom stereocenters. The van der Waals surface area contributed by atoms with Gasteiger partial charge in [0.15, 0.2) is 0 Å². The van der Waals surface area contributed by atoms with Crippen molar-refractivity contribution in [1.29, 1.82) is 5.26 Å².